The van der Waals surface area contributed by atoms with Gasteiger partial charge in [-0.25, -0.2) is 0 Å². The lowest BCUT2D eigenvalue weighted by molar-refractivity contribution is -0.114. The van der Waals surface area contributed by atoms with Crippen molar-refractivity contribution >= 4 is 16.0 Å². The van der Waals surface area contributed by atoms with E-state index in [1.807, 2.05) is 0 Å². The van der Waals surface area contributed by atoms with Gasteiger partial charge in [-0.1, -0.05) is 25.8 Å². The molecule has 5 nitrogen and oxygen atoms in total. The molecule has 0 heterocycles. The normalized spacial score (nSPS) is 20.3. The first-order valence-corrected chi connectivity index (χ1v) is 6.67. The number of hydrogen-bond donors (Lipinski definition) is 2. The van der Waals surface area contributed by atoms with Crippen molar-refractivity contribution in [3.63, 3.8) is 0 Å². The summed E-state index contributed by atoms with van der Waals surface area (Å²) in [7, 11) is -4.18. The van der Waals surface area contributed by atoms with Gasteiger partial charge in [0.15, 0.2) is 0 Å². The molecular weight excluding hydrogens is 230 g/mol. The van der Waals surface area contributed by atoms with Crippen LogP contribution in [0.1, 0.15) is 38.5 Å². The molecule has 0 saturated heterocycles. The van der Waals surface area contributed by atoms with Crippen LogP contribution in [0, 0.1) is 0 Å². The Morgan fingerprint density at radius 1 is 1.31 bits per heavy atom. The fourth-order valence-electron chi connectivity index (χ4n) is 2.20. The molecule has 1 amide bonds. The summed E-state index contributed by atoms with van der Waals surface area (Å²) in [6.07, 6.45) is 3.05. The van der Waals surface area contributed by atoms with Crippen molar-refractivity contribution in [3.05, 3.63) is 12.2 Å². The third-order valence-electron chi connectivity index (χ3n) is 3.20. The van der Waals surface area contributed by atoms with Crippen LogP contribution in [0.2, 0.25) is 0 Å². The van der Waals surface area contributed by atoms with Gasteiger partial charge in [0, 0.05) is 5.57 Å². The van der Waals surface area contributed by atoms with Crippen molar-refractivity contribution in [1.29, 1.82) is 0 Å². The van der Waals surface area contributed by atoms with Crippen LogP contribution in [-0.2, 0) is 14.9 Å². The molecule has 92 valence electrons. The highest BCUT2D eigenvalue weighted by molar-refractivity contribution is 7.87. The summed E-state index contributed by atoms with van der Waals surface area (Å²) >= 11 is 0. The zero-order valence-electron chi connectivity index (χ0n) is 9.11. The largest absolute Gasteiger partial charge is 0.366 e. The van der Waals surface area contributed by atoms with Crippen molar-refractivity contribution in [1.82, 2.24) is 0 Å². The fraction of sp³-hybridized carbons (Fsp3) is 0.700. The highest BCUT2D eigenvalue weighted by Gasteiger charge is 2.44. The van der Waals surface area contributed by atoms with Crippen molar-refractivity contribution < 1.29 is 17.8 Å². The van der Waals surface area contributed by atoms with Crippen molar-refractivity contribution in [3.8, 4) is 0 Å². The highest BCUT2D eigenvalue weighted by Crippen LogP contribution is 2.39. The van der Waals surface area contributed by atoms with Gasteiger partial charge in [-0.2, -0.15) is 8.42 Å². The molecule has 3 N–H and O–H groups in total. The first kappa shape index (κ1) is 13.2. The Balaban J connectivity index is 2.96. The van der Waals surface area contributed by atoms with Crippen LogP contribution in [0.5, 0.6) is 0 Å². The molecule has 0 aliphatic heterocycles. The maximum atomic E-state index is 11.4. The van der Waals surface area contributed by atoms with Gasteiger partial charge in [-0.3, -0.25) is 9.35 Å². The number of carbonyl (C=O) groups excluding carboxylic acids is 1. The average molecular weight is 247 g/mol. The third-order valence-corrected chi connectivity index (χ3v) is 4.84. The van der Waals surface area contributed by atoms with Crippen molar-refractivity contribution in [2.45, 2.75) is 43.3 Å². The second-order valence-electron chi connectivity index (χ2n) is 4.36. The van der Waals surface area contributed by atoms with E-state index in [0.29, 0.717) is 12.8 Å². The van der Waals surface area contributed by atoms with E-state index in [0.717, 1.165) is 19.3 Å². The van der Waals surface area contributed by atoms with E-state index in [-0.39, 0.29) is 12.0 Å². The van der Waals surface area contributed by atoms with Crippen LogP contribution in [-0.4, -0.2) is 23.6 Å². The first-order chi connectivity index (χ1) is 7.28. The van der Waals surface area contributed by atoms with Gasteiger partial charge in [0.1, 0.15) is 4.75 Å². The average Bonchev–Trinajstić information content (AvgIpc) is 2.17. The molecule has 0 unspecified atom stereocenters. The summed E-state index contributed by atoms with van der Waals surface area (Å²) in [6.45, 7) is 3.46. The molecule has 1 aliphatic rings. The van der Waals surface area contributed by atoms with Gasteiger partial charge in [-0.05, 0) is 19.3 Å². The SMILES string of the molecule is C=C(CC1(S(=O)(=O)O)CCCCC1)C(N)=O. The van der Waals surface area contributed by atoms with E-state index in [9.17, 15) is 17.8 Å². The lowest BCUT2D eigenvalue weighted by Crippen LogP contribution is -2.41. The lowest BCUT2D eigenvalue weighted by atomic mass is 9.84. The number of amides is 1. The van der Waals surface area contributed by atoms with Crippen LogP contribution in [0.25, 0.3) is 0 Å². The summed E-state index contributed by atoms with van der Waals surface area (Å²) in [5.74, 6) is -0.714. The molecular formula is C10H17NO4S. The first-order valence-electron chi connectivity index (χ1n) is 5.23. The minimum atomic E-state index is -4.18. The van der Waals surface area contributed by atoms with Gasteiger partial charge in [0.25, 0.3) is 10.1 Å². The van der Waals surface area contributed by atoms with E-state index in [1.54, 1.807) is 0 Å². The number of primary amides is 1. The molecule has 1 saturated carbocycles. The molecule has 1 aliphatic carbocycles. The second-order valence-corrected chi connectivity index (χ2v) is 6.18. The molecule has 1 rings (SSSR count). The minimum Gasteiger partial charge on any atom is -0.366 e. The summed E-state index contributed by atoms with van der Waals surface area (Å²) in [5.41, 5.74) is 5.10. The number of hydrogen-bond acceptors (Lipinski definition) is 3. The van der Waals surface area contributed by atoms with Crippen LogP contribution in [0.15, 0.2) is 12.2 Å². The number of carbonyl (C=O) groups is 1. The Morgan fingerprint density at radius 3 is 2.19 bits per heavy atom. The zero-order chi connectivity index (χ0) is 12.4. The Morgan fingerprint density at radius 2 is 1.81 bits per heavy atom. The predicted octanol–water partition coefficient (Wildman–Crippen LogP) is 1.01. The van der Waals surface area contributed by atoms with E-state index >= 15 is 0 Å². The van der Waals surface area contributed by atoms with Crippen molar-refractivity contribution in [2.75, 3.05) is 0 Å². The molecule has 0 aromatic heterocycles. The summed E-state index contributed by atoms with van der Waals surface area (Å²) < 4.78 is 30.9. The third kappa shape index (κ3) is 2.62. The molecule has 16 heavy (non-hydrogen) atoms. The maximum Gasteiger partial charge on any atom is 0.270 e. The Labute approximate surface area is 95.5 Å². The molecule has 0 spiro atoms. The van der Waals surface area contributed by atoms with Crippen LogP contribution in [0.4, 0.5) is 0 Å². The maximum absolute atomic E-state index is 11.4. The van der Waals surface area contributed by atoms with Gasteiger partial charge < -0.3 is 5.73 Å². The van der Waals surface area contributed by atoms with Gasteiger partial charge in [0.2, 0.25) is 5.91 Å². The highest BCUT2D eigenvalue weighted by atomic mass is 32.2. The van der Waals surface area contributed by atoms with Gasteiger partial charge in [0.05, 0.1) is 0 Å². The van der Waals surface area contributed by atoms with Crippen LogP contribution >= 0.6 is 0 Å². The quantitative estimate of drug-likeness (QED) is 0.572. The van der Waals surface area contributed by atoms with E-state index in [4.69, 9.17) is 5.73 Å². The smallest absolute Gasteiger partial charge is 0.270 e. The second kappa shape index (κ2) is 4.55. The lowest BCUT2D eigenvalue weighted by Gasteiger charge is -2.34. The summed E-state index contributed by atoms with van der Waals surface area (Å²) in [5, 5.41) is 0. The molecule has 6 heteroatoms. The number of nitrogens with two attached hydrogens (primary N) is 1. The molecule has 0 radical (unpaired) electrons. The Bertz CT molecular complexity index is 393. The Hall–Kier alpha value is -0.880. The topological polar surface area (TPSA) is 97.5 Å². The zero-order valence-corrected chi connectivity index (χ0v) is 9.92. The minimum absolute atomic E-state index is 0.0551. The molecule has 0 bridgehead atoms. The molecule has 0 aromatic rings. The standard InChI is InChI=1S/C10H17NO4S/c1-8(9(11)12)7-10(16(13,14)15)5-3-2-4-6-10/h1-7H2,(H2,11,12)(H,13,14,15). The predicted molar refractivity (Wildman–Crippen MR) is 60.3 cm³/mol. The van der Waals surface area contributed by atoms with Gasteiger partial charge in [-0.15, -0.1) is 0 Å². The van der Waals surface area contributed by atoms with Gasteiger partial charge >= 0.3 is 0 Å². The number of rotatable bonds is 4. The molecule has 0 atom stereocenters. The monoisotopic (exact) mass is 247 g/mol. The van der Waals surface area contributed by atoms with E-state index in [2.05, 4.69) is 6.58 Å². The van der Waals surface area contributed by atoms with Crippen molar-refractivity contribution in [2.24, 2.45) is 5.73 Å². The van der Waals surface area contributed by atoms with E-state index < -0.39 is 20.8 Å². The summed E-state index contributed by atoms with van der Waals surface area (Å²) in [4.78, 5) is 10.9. The van der Waals surface area contributed by atoms with Crippen LogP contribution in [0.3, 0.4) is 0 Å². The van der Waals surface area contributed by atoms with E-state index in [1.165, 1.54) is 0 Å². The van der Waals surface area contributed by atoms with Crippen LogP contribution < -0.4 is 5.73 Å². The molecule has 0 aromatic carbocycles. The Kier molecular flexibility index (Phi) is 3.75. The molecule has 1 fully saturated rings. The summed E-state index contributed by atoms with van der Waals surface area (Å²) in [6, 6.07) is 0. The fourth-order valence-corrected chi connectivity index (χ4v) is 3.36.